The number of nitrogens with one attached hydrogen (secondary N) is 1. The molecule has 0 spiro atoms. The van der Waals surface area contributed by atoms with E-state index in [1.807, 2.05) is 68.4 Å². The van der Waals surface area contributed by atoms with Crippen LogP contribution in [0.4, 0.5) is 5.69 Å². The molecule has 6 nitrogen and oxygen atoms in total. The number of rotatable bonds is 7. The van der Waals surface area contributed by atoms with Crippen LogP contribution in [0, 0.1) is 6.92 Å². The van der Waals surface area contributed by atoms with Gasteiger partial charge in [0.05, 0.1) is 23.7 Å². The highest BCUT2D eigenvalue weighted by atomic mass is 32.2. The van der Waals surface area contributed by atoms with Crippen molar-refractivity contribution in [3.63, 3.8) is 0 Å². The molecule has 0 aliphatic carbocycles. The summed E-state index contributed by atoms with van der Waals surface area (Å²) in [5.74, 6) is 0.801. The lowest BCUT2D eigenvalue weighted by atomic mass is 10.3. The highest BCUT2D eigenvalue weighted by Gasteiger charge is 2.18. The van der Waals surface area contributed by atoms with Gasteiger partial charge in [-0.15, -0.1) is 11.8 Å². The van der Waals surface area contributed by atoms with Gasteiger partial charge >= 0.3 is 0 Å². The van der Waals surface area contributed by atoms with E-state index in [1.165, 1.54) is 11.8 Å². The molecule has 3 rings (SSSR count). The molecule has 0 radical (unpaired) electrons. The summed E-state index contributed by atoms with van der Waals surface area (Å²) < 4.78 is 8.70. The van der Waals surface area contributed by atoms with Crippen molar-refractivity contribution in [2.75, 3.05) is 17.7 Å². The summed E-state index contributed by atoms with van der Waals surface area (Å²) in [5, 5.41) is 2.77. The van der Waals surface area contributed by atoms with Gasteiger partial charge in [-0.05, 0) is 50.2 Å². The van der Waals surface area contributed by atoms with Gasteiger partial charge in [0.2, 0.25) is 5.91 Å². The summed E-state index contributed by atoms with van der Waals surface area (Å²) in [4.78, 5) is 26.2. The molecule has 0 aliphatic heterocycles. The fourth-order valence-electron chi connectivity index (χ4n) is 2.84. The Bertz CT molecular complexity index is 1010. The van der Waals surface area contributed by atoms with E-state index in [4.69, 9.17) is 4.74 Å². The molecule has 0 aliphatic rings. The lowest BCUT2D eigenvalue weighted by molar-refractivity contribution is -0.113. The maximum Gasteiger partial charge on any atom is 0.295 e. The Morgan fingerprint density at radius 2 is 1.79 bits per heavy atom. The van der Waals surface area contributed by atoms with Crippen molar-refractivity contribution >= 4 is 23.4 Å². The van der Waals surface area contributed by atoms with Gasteiger partial charge in [-0.1, -0.05) is 18.2 Å². The smallest absolute Gasteiger partial charge is 0.295 e. The van der Waals surface area contributed by atoms with Crippen molar-refractivity contribution in [1.29, 1.82) is 0 Å². The van der Waals surface area contributed by atoms with E-state index < -0.39 is 0 Å². The summed E-state index contributed by atoms with van der Waals surface area (Å²) >= 11 is 1.41. The third-order valence-electron chi connectivity index (χ3n) is 4.32. The number of anilines is 1. The quantitative estimate of drug-likeness (QED) is 0.619. The zero-order valence-electron chi connectivity index (χ0n) is 16.1. The molecule has 0 fully saturated rings. The van der Waals surface area contributed by atoms with Crippen LogP contribution in [-0.4, -0.2) is 27.6 Å². The summed E-state index contributed by atoms with van der Waals surface area (Å²) in [6.45, 7) is 4.37. The van der Waals surface area contributed by atoms with Crippen molar-refractivity contribution in [2.45, 2.75) is 18.7 Å². The predicted molar refractivity (Wildman–Crippen MR) is 113 cm³/mol. The maximum absolute atomic E-state index is 12.8. The molecule has 0 saturated heterocycles. The lowest BCUT2D eigenvalue weighted by Crippen LogP contribution is -2.23. The second-order valence-electron chi connectivity index (χ2n) is 6.18. The van der Waals surface area contributed by atoms with Crippen LogP contribution in [0.1, 0.15) is 12.6 Å². The van der Waals surface area contributed by atoms with Crippen molar-refractivity contribution in [1.82, 2.24) is 9.36 Å². The SMILES string of the molecule is CCOc1ccc(SCC(=O)Nc2c(C)n(C)n(-c3ccccc3)c2=O)cc1. The van der Waals surface area contributed by atoms with E-state index in [-0.39, 0.29) is 17.2 Å². The zero-order chi connectivity index (χ0) is 20.1. The molecular formula is C21H23N3O3S. The number of nitrogens with zero attached hydrogens (tertiary/aromatic N) is 2. The van der Waals surface area contributed by atoms with Crippen molar-refractivity contribution in [3.8, 4) is 11.4 Å². The Morgan fingerprint density at radius 3 is 2.43 bits per heavy atom. The molecule has 0 atom stereocenters. The predicted octanol–water partition coefficient (Wildman–Crippen LogP) is 3.61. The number of benzene rings is 2. The van der Waals surface area contributed by atoms with Crippen molar-refractivity contribution < 1.29 is 9.53 Å². The first kappa shape index (κ1) is 19.8. The van der Waals surface area contributed by atoms with E-state index >= 15 is 0 Å². The molecule has 28 heavy (non-hydrogen) atoms. The minimum Gasteiger partial charge on any atom is -0.494 e. The van der Waals surface area contributed by atoms with E-state index in [0.717, 1.165) is 16.3 Å². The van der Waals surface area contributed by atoms with E-state index in [2.05, 4.69) is 5.32 Å². The van der Waals surface area contributed by atoms with E-state index in [0.29, 0.717) is 18.0 Å². The molecule has 1 amide bonds. The van der Waals surface area contributed by atoms with Crippen LogP contribution in [0.25, 0.3) is 5.69 Å². The number of carbonyl (C=O) groups is 1. The van der Waals surface area contributed by atoms with Crippen LogP contribution in [0.3, 0.4) is 0 Å². The second kappa shape index (κ2) is 8.84. The second-order valence-corrected chi connectivity index (χ2v) is 7.23. The molecule has 0 unspecified atom stereocenters. The topological polar surface area (TPSA) is 65.3 Å². The van der Waals surface area contributed by atoms with Crippen molar-refractivity contribution in [3.05, 3.63) is 70.6 Å². The van der Waals surface area contributed by atoms with Crippen LogP contribution in [0.15, 0.2) is 64.3 Å². The summed E-state index contributed by atoms with van der Waals surface area (Å²) in [7, 11) is 1.80. The van der Waals surface area contributed by atoms with E-state index in [9.17, 15) is 9.59 Å². The highest BCUT2D eigenvalue weighted by molar-refractivity contribution is 8.00. The van der Waals surface area contributed by atoms with Gasteiger partial charge in [-0.3, -0.25) is 14.3 Å². The first-order chi connectivity index (χ1) is 13.5. The van der Waals surface area contributed by atoms with Gasteiger partial charge in [0.15, 0.2) is 0 Å². The third kappa shape index (κ3) is 4.31. The number of ether oxygens (including phenoxy) is 1. The fourth-order valence-corrected chi connectivity index (χ4v) is 3.53. The number of hydrogen-bond acceptors (Lipinski definition) is 4. The van der Waals surface area contributed by atoms with Crippen molar-refractivity contribution in [2.24, 2.45) is 7.05 Å². The Morgan fingerprint density at radius 1 is 1.11 bits per heavy atom. The number of para-hydroxylation sites is 1. The number of aromatic nitrogens is 2. The van der Waals surface area contributed by atoms with Crippen LogP contribution < -0.4 is 15.6 Å². The van der Waals surface area contributed by atoms with Gasteiger partial charge in [0.1, 0.15) is 11.4 Å². The van der Waals surface area contributed by atoms with Crippen LogP contribution in [-0.2, 0) is 11.8 Å². The number of hydrogen-bond donors (Lipinski definition) is 1. The lowest BCUT2D eigenvalue weighted by Gasteiger charge is -2.07. The average Bonchev–Trinajstić information content (AvgIpc) is 2.91. The Labute approximate surface area is 168 Å². The Hall–Kier alpha value is -2.93. The molecule has 1 aromatic heterocycles. The monoisotopic (exact) mass is 397 g/mol. The Kier molecular flexibility index (Phi) is 6.26. The van der Waals surface area contributed by atoms with Gasteiger partial charge < -0.3 is 10.1 Å². The largest absolute Gasteiger partial charge is 0.494 e. The minimum absolute atomic E-state index is 0.215. The molecule has 0 bridgehead atoms. The molecule has 1 heterocycles. The number of amides is 1. The first-order valence-corrected chi connectivity index (χ1v) is 9.99. The maximum atomic E-state index is 12.8. The summed E-state index contributed by atoms with van der Waals surface area (Å²) in [5.41, 5.74) is 1.52. The molecule has 0 saturated carbocycles. The number of carbonyl (C=O) groups excluding carboxylic acids is 1. The highest BCUT2D eigenvalue weighted by Crippen LogP contribution is 2.22. The Balaban J connectivity index is 1.70. The van der Waals surface area contributed by atoms with Gasteiger partial charge in [0, 0.05) is 11.9 Å². The van der Waals surface area contributed by atoms with Crippen LogP contribution in [0.2, 0.25) is 0 Å². The molecular weight excluding hydrogens is 374 g/mol. The van der Waals surface area contributed by atoms with Gasteiger partial charge in [0.25, 0.3) is 5.56 Å². The molecule has 7 heteroatoms. The van der Waals surface area contributed by atoms with E-state index in [1.54, 1.807) is 16.4 Å². The normalized spacial score (nSPS) is 10.7. The number of thioether (sulfide) groups is 1. The standard InChI is InChI=1S/C21H23N3O3S/c1-4-27-17-10-12-18(13-11-17)28-14-19(25)22-20-15(2)23(3)24(21(20)26)16-8-6-5-7-9-16/h5-13H,4,14H2,1-3H3,(H,22,25). The third-order valence-corrected chi connectivity index (χ3v) is 5.34. The minimum atomic E-state index is -0.245. The molecule has 146 valence electrons. The zero-order valence-corrected chi connectivity index (χ0v) is 17.0. The fraction of sp³-hybridized carbons (Fsp3) is 0.238. The first-order valence-electron chi connectivity index (χ1n) is 9.00. The molecule has 2 aromatic carbocycles. The van der Waals surface area contributed by atoms with Crippen LogP contribution >= 0.6 is 11.8 Å². The molecule has 1 N–H and O–H groups in total. The van der Waals surface area contributed by atoms with Crippen LogP contribution in [0.5, 0.6) is 5.75 Å². The van der Waals surface area contributed by atoms with Gasteiger partial charge in [-0.25, -0.2) is 4.68 Å². The average molecular weight is 398 g/mol. The summed E-state index contributed by atoms with van der Waals surface area (Å²) in [6.07, 6.45) is 0. The summed E-state index contributed by atoms with van der Waals surface area (Å²) in [6, 6.07) is 16.9. The van der Waals surface area contributed by atoms with Gasteiger partial charge in [-0.2, -0.15) is 0 Å². The molecule has 3 aromatic rings.